The second-order valence-corrected chi connectivity index (χ2v) is 6.54. The first-order valence-corrected chi connectivity index (χ1v) is 8.61. The van der Waals surface area contributed by atoms with Crippen molar-refractivity contribution in [3.8, 4) is 5.88 Å². The number of pyridine rings is 1. The van der Waals surface area contributed by atoms with Crippen LogP contribution in [0.2, 0.25) is 0 Å². The zero-order valence-corrected chi connectivity index (χ0v) is 15.1. The standard InChI is InChI=1S/C18H26N6O/c1-19-18(23(2)11-16-10-22-24(3)12-16)21-9-15-6-7-20-17(8-15)25-13-14-4-5-14/h6-8,10,12,14H,4-5,9,11,13H2,1-3H3,(H,19,21). The van der Waals surface area contributed by atoms with Gasteiger partial charge in [0.15, 0.2) is 5.96 Å². The second kappa shape index (κ2) is 8.00. The van der Waals surface area contributed by atoms with E-state index in [4.69, 9.17) is 4.74 Å². The summed E-state index contributed by atoms with van der Waals surface area (Å²) >= 11 is 0. The third kappa shape index (κ3) is 5.20. The second-order valence-electron chi connectivity index (χ2n) is 6.54. The van der Waals surface area contributed by atoms with Crippen LogP contribution in [0.4, 0.5) is 0 Å². The van der Waals surface area contributed by atoms with Gasteiger partial charge in [0.25, 0.3) is 0 Å². The van der Waals surface area contributed by atoms with Crippen LogP contribution in [0.3, 0.4) is 0 Å². The van der Waals surface area contributed by atoms with Gasteiger partial charge in [-0.1, -0.05) is 0 Å². The number of aliphatic imine (C=N–C) groups is 1. The maximum atomic E-state index is 5.74. The van der Waals surface area contributed by atoms with Crippen LogP contribution in [-0.2, 0) is 20.1 Å². The van der Waals surface area contributed by atoms with Gasteiger partial charge in [0.05, 0.1) is 12.8 Å². The van der Waals surface area contributed by atoms with E-state index in [0.29, 0.717) is 12.4 Å². The lowest BCUT2D eigenvalue weighted by atomic mass is 10.2. The lowest BCUT2D eigenvalue weighted by Crippen LogP contribution is -2.38. The van der Waals surface area contributed by atoms with Crippen molar-refractivity contribution in [2.24, 2.45) is 18.0 Å². The fourth-order valence-electron chi connectivity index (χ4n) is 2.60. The molecule has 0 radical (unpaired) electrons. The molecule has 0 bridgehead atoms. The number of ether oxygens (including phenoxy) is 1. The SMILES string of the molecule is CN=C(NCc1ccnc(OCC2CC2)c1)N(C)Cc1cnn(C)c1. The van der Waals surface area contributed by atoms with Crippen LogP contribution in [0.5, 0.6) is 5.88 Å². The molecular weight excluding hydrogens is 316 g/mol. The van der Waals surface area contributed by atoms with Gasteiger partial charge in [0.1, 0.15) is 0 Å². The van der Waals surface area contributed by atoms with Gasteiger partial charge in [-0.05, 0) is 30.4 Å². The molecule has 0 saturated heterocycles. The highest BCUT2D eigenvalue weighted by Crippen LogP contribution is 2.29. The van der Waals surface area contributed by atoms with E-state index in [-0.39, 0.29) is 0 Å². The van der Waals surface area contributed by atoms with Crippen LogP contribution >= 0.6 is 0 Å². The number of hydrogen-bond acceptors (Lipinski definition) is 4. The zero-order chi connectivity index (χ0) is 17.6. The Labute approximate surface area is 148 Å². The summed E-state index contributed by atoms with van der Waals surface area (Å²) in [6.07, 6.45) is 8.23. The number of guanidine groups is 1. The molecule has 1 fully saturated rings. The van der Waals surface area contributed by atoms with E-state index in [1.54, 1.807) is 17.9 Å². The third-order valence-electron chi connectivity index (χ3n) is 4.17. The normalized spacial score (nSPS) is 14.4. The number of nitrogens with zero attached hydrogens (tertiary/aromatic N) is 5. The van der Waals surface area contributed by atoms with Crippen molar-refractivity contribution < 1.29 is 4.74 Å². The summed E-state index contributed by atoms with van der Waals surface area (Å²) in [4.78, 5) is 10.7. The monoisotopic (exact) mass is 342 g/mol. The molecule has 2 aromatic rings. The quantitative estimate of drug-likeness (QED) is 0.614. The van der Waals surface area contributed by atoms with Gasteiger partial charge in [0, 0.05) is 58.3 Å². The number of rotatable bonds is 7. The van der Waals surface area contributed by atoms with Crippen LogP contribution in [0.1, 0.15) is 24.0 Å². The summed E-state index contributed by atoms with van der Waals surface area (Å²) in [6, 6.07) is 3.98. The molecule has 0 aliphatic heterocycles. The Morgan fingerprint density at radius 1 is 1.44 bits per heavy atom. The summed E-state index contributed by atoms with van der Waals surface area (Å²) in [6.45, 7) is 2.20. The van der Waals surface area contributed by atoms with Crippen molar-refractivity contribution in [1.82, 2.24) is 25.0 Å². The summed E-state index contributed by atoms with van der Waals surface area (Å²) < 4.78 is 7.55. The first kappa shape index (κ1) is 17.3. The first-order chi connectivity index (χ1) is 12.1. The van der Waals surface area contributed by atoms with Crippen molar-refractivity contribution in [2.75, 3.05) is 20.7 Å². The molecule has 1 saturated carbocycles. The third-order valence-corrected chi connectivity index (χ3v) is 4.17. The molecule has 2 heterocycles. The fourth-order valence-corrected chi connectivity index (χ4v) is 2.60. The number of aryl methyl sites for hydroxylation is 1. The molecule has 2 aromatic heterocycles. The molecule has 134 valence electrons. The largest absolute Gasteiger partial charge is 0.477 e. The van der Waals surface area contributed by atoms with E-state index in [1.165, 1.54) is 12.8 Å². The Hall–Kier alpha value is -2.57. The number of aromatic nitrogens is 3. The maximum absolute atomic E-state index is 5.74. The maximum Gasteiger partial charge on any atom is 0.213 e. The molecule has 7 heteroatoms. The van der Waals surface area contributed by atoms with Crippen molar-refractivity contribution in [3.63, 3.8) is 0 Å². The van der Waals surface area contributed by atoms with E-state index >= 15 is 0 Å². The van der Waals surface area contributed by atoms with Crippen LogP contribution in [0.15, 0.2) is 35.7 Å². The average Bonchev–Trinajstić information content (AvgIpc) is 3.35. The minimum absolute atomic E-state index is 0.673. The van der Waals surface area contributed by atoms with Crippen molar-refractivity contribution >= 4 is 5.96 Å². The van der Waals surface area contributed by atoms with E-state index in [1.807, 2.05) is 38.6 Å². The van der Waals surface area contributed by atoms with E-state index in [0.717, 1.165) is 36.2 Å². The van der Waals surface area contributed by atoms with Crippen molar-refractivity contribution in [2.45, 2.75) is 25.9 Å². The molecule has 1 aliphatic rings. The zero-order valence-electron chi connectivity index (χ0n) is 15.1. The summed E-state index contributed by atoms with van der Waals surface area (Å²) in [7, 11) is 5.72. The predicted molar refractivity (Wildman–Crippen MR) is 97.3 cm³/mol. The minimum Gasteiger partial charge on any atom is -0.477 e. The molecule has 0 amide bonds. The first-order valence-electron chi connectivity index (χ1n) is 8.61. The highest BCUT2D eigenvalue weighted by atomic mass is 16.5. The molecule has 25 heavy (non-hydrogen) atoms. The van der Waals surface area contributed by atoms with E-state index in [9.17, 15) is 0 Å². The Bertz CT molecular complexity index is 722. The molecule has 0 spiro atoms. The Balaban J connectivity index is 1.52. The lowest BCUT2D eigenvalue weighted by Gasteiger charge is -2.21. The molecule has 0 atom stereocenters. The van der Waals surface area contributed by atoms with Crippen LogP contribution in [0.25, 0.3) is 0 Å². The predicted octanol–water partition coefficient (Wildman–Crippen LogP) is 1.81. The highest BCUT2D eigenvalue weighted by molar-refractivity contribution is 5.79. The van der Waals surface area contributed by atoms with Crippen LogP contribution in [-0.4, -0.2) is 46.3 Å². The van der Waals surface area contributed by atoms with Crippen LogP contribution < -0.4 is 10.1 Å². The van der Waals surface area contributed by atoms with Gasteiger partial charge in [-0.25, -0.2) is 4.98 Å². The molecule has 7 nitrogen and oxygen atoms in total. The lowest BCUT2D eigenvalue weighted by molar-refractivity contribution is 0.288. The summed E-state index contributed by atoms with van der Waals surface area (Å²) in [5.41, 5.74) is 2.27. The van der Waals surface area contributed by atoms with E-state index < -0.39 is 0 Å². The highest BCUT2D eigenvalue weighted by Gasteiger charge is 2.22. The fraction of sp³-hybridized carbons (Fsp3) is 0.500. The minimum atomic E-state index is 0.673. The van der Waals surface area contributed by atoms with Crippen molar-refractivity contribution in [3.05, 3.63) is 41.9 Å². The van der Waals surface area contributed by atoms with Crippen LogP contribution in [0, 0.1) is 5.92 Å². The molecule has 3 rings (SSSR count). The van der Waals surface area contributed by atoms with Gasteiger partial charge < -0.3 is 15.0 Å². The molecule has 1 aliphatic carbocycles. The Kier molecular flexibility index (Phi) is 5.53. The smallest absolute Gasteiger partial charge is 0.213 e. The Morgan fingerprint density at radius 3 is 2.96 bits per heavy atom. The Morgan fingerprint density at radius 2 is 2.28 bits per heavy atom. The van der Waals surface area contributed by atoms with Crippen molar-refractivity contribution in [1.29, 1.82) is 0 Å². The van der Waals surface area contributed by atoms with Gasteiger partial charge in [-0.15, -0.1) is 0 Å². The molecular formula is C18H26N6O. The summed E-state index contributed by atoms with van der Waals surface area (Å²) in [5, 5.41) is 7.58. The molecule has 0 unspecified atom stereocenters. The van der Waals surface area contributed by atoms with Gasteiger partial charge >= 0.3 is 0 Å². The number of hydrogen-bond donors (Lipinski definition) is 1. The van der Waals surface area contributed by atoms with Gasteiger partial charge in [-0.2, -0.15) is 5.10 Å². The molecule has 1 N–H and O–H groups in total. The topological polar surface area (TPSA) is 67.6 Å². The molecule has 0 aromatic carbocycles. The van der Waals surface area contributed by atoms with Gasteiger partial charge in [-0.3, -0.25) is 9.67 Å². The average molecular weight is 342 g/mol. The van der Waals surface area contributed by atoms with Gasteiger partial charge in [0.2, 0.25) is 5.88 Å². The van der Waals surface area contributed by atoms with E-state index in [2.05, 4.69) is 25.3 Å². The number of nitrogens with one attached hydrogen (secondary N) is 1. The summed E-state index contributed by atoms with van der Waals surface area (Å²) in [5.74, 6) is 2.26.